The fourth-order valence-electron chi connectivity index (χ4n) is 1.92. The van der Waals surface area contributed by atoms with E-state index in [4.69, 9.17) is 10.4 Å². The van der Waals surface area contributed by atoms with Crippen LogP contribution in [0.25, 0.3) is 0 Å². The number of nitriles is 1. The monoisotopic (exact) mass is 241 g/mol. The predicted molar refractivity (Wildman–Crippen MR) is 61.2 cm³/mol. The number of carbonyl (C=O) groups is 2. The van der Waals surface area contributed by atoms with Crippen molar-refractivity contribution in [2.75, 3.05) is 0 Å². The number of hydrogen-bond acceptors (Lipinski definition) is 3. The first kappa shape index (κ1) is 15.4. The van der Waals surface area contributed by atoms with Crippen LogP contribution in [-0.4, -0.2) is 22.2 Å². The summed E-state index contributed by atoms with van der Waals surface area (Å²) in [5.41, 5.74) is -2.74. The van der Waals surface area contributed by atoms with Crippen LogP contribution in [0.5, 0.6) is 0 Å². The number of aliphatic carboxylic acids is 2. The van der Waals surface area contributed by atoms with E-state index in [0.29, 0.717) is 6.42 Å². The molecular formula is C12H19NO4. The highest BCUT2D eigenvalue weighted by Gasteiger charge is 2.52. The Kier molecular flexibility index (Phi) is 5.14. The number of rotatable bonds is 7. The fraction of sp³-hybridized carbons (Fsp3) is 0.750. The van der Waals surface area contributed by atoms with Gasteiger partial charge >= 0.3 is 11.9 Å². The first-order valence-electron chi connectivity index (χ1n) is 5.60. The molecule has 96 valence electrons. The highest BCUT2D eigenvalue weighted by Crippen LogP contribution is 2.46. The number of nitrogens with zero attached hydrogens (tertiary/aromatic N) is 1. The third-order valence-corrected chi connectivity index (χ3v) is 3.30. The van der Waals surface area contributed by atoms with Gasteiger partial charge in [-0.05, 0) is 20.3 Å². The van der Waals surface area contributed by atoms with Crippen LogP contribution < -0.4 is 0 Å². The van der Waals surface area contributed by atoms with Crippen molar-refractivity contribution >= 4 is 11.9 Å². The standard InChI is InChI=1S/C12H19NO4/c1-4-5-6-12(10(16)17,7-9(14)15)11(2,3)8-13/h4-7H2,1-3H3,(H,14,15)(H,16,17). The average molecular weight is 241 g/mol. The van der Waals surface area contributed by atoms with Crippen LogP contribution in [0.4, 0.5) is 0 Å². The molecule has 0 amide bonds. The first-order chi connectivity index (χ1) is 7.73. The first-order valence-corrected chi connectivity index (χ1v) is 5.60. The summed E-state index contributed by atoms with van der Waals surface area (Å²) in [4.78, 5) is 22.3. The van der Waals surface area contributed by atoms with Gasteiger partial charge in [-0.25, -0.2) is 0 Å². The smallest absolute Gasteiger partial charge is 0.311 e. The van der Waals surface area contributed by atoms with Crippen LogP contribution in [0.15, 0.2) is 0 Å². The van der Waals surface area contributed by atoms with E-state index >= 15 is 0 Å². The van der Waals surface area contributed by atoms with Crippen LogP contribution in [0.1, 0.15) is 46.5 Å². The van der Waals surface area contributed by atoms with Crippen molar-refractivity contribution in [3.8, 4) is 6.07 Å². The van der Waals surface area contributed by atoms with Gasteiger partial charge in [0.1, 0.15) is 0 Å². The van der Waals surface area contributed by atoms with E-state index in [2.05, 4.69) is 0 Å². The summed E-state index contributed by atoms with van der Waals surface area (Å²) in [5, 5.41) is 27.3. The van der Waals surface area contributed by atoms with Gasteiger partial charge in [-0.15, -0.1) is 0 Å². The highest BCUT2D eigenvalue weighted by molar-refractivity contribution is 5.82. The largest absolute Gasteiger partial charge is 0.481 e. The van der Waals surface area contributed by atoms with Gasteiger partial charge in [0.25, 0.3) is 0 Å². The van der Waals surface area contributed by atoms with Gasteiger partial charge in [-0.2, -0.15) is 5.26 Å². The van der Waals surface area contributed by atoms with Crippen LogP contribution >= 0.6 is 0 Å². The number of carboxylic acid groups (broad SMARTS) is 2. The molecule has 0 saturated heterocycles. The van der Waals surface area contributed by atoms with Gasteiger partial charge in [-0.1, -0.05) is 19.8 Å². The second-order valence-corrected chi connectivity index (χ2v) is 4.80. The van der Waals surface area contributed by atoms with Gasteiger partial charge in [0.2, 0.25) is 0 Å². The molecule has 0 spiro atoms. The summed E-state index contributed by atoms with van der Waals surface area (Å²) in [6.07, 6.45) is 1.02. The minimum absolute atomic E-state index is 0.200. The summed E-state index contributed by atoms with van der Waals surface area (Å²) in [7, 11) is 0. The van der Waals surface area contributed by atoms with Gasteiger partial charge in [0.15, 0.2) is 0 Å². The second kappa shape index (κ2) is 5.67. The normalized spacial score (nSPS) is 14.7. The molecule has 0 saturated carbocycles. The molecule has 17 heavy (non-hydrogen) atoms. The molecule has 0 aromatic carbocycles. The fourth-order valence-corrected chi connectivity index (χ4v) is 1.92. The highest BCUT2D eigenvalue weighted by atomic mass is 16.4. The second-order valence-electron chi connectivity index (χ2n) is 4.80. The van der Waals surface area contributed by atoms with Crippen molar-refractivity contribution < 1.29 is 19.8 Å². The molecular weight excluding hydrogens is 222 g/mol. The summed E-state index contributed by atoms with van der Waals surface area (Å²) in [5.74, 6) is -2.40. The summed E-state index contributed by atoms with van der Waals surface area (Å²) < 4.78 is 0. The van der Waals surface area contributed by atoms with Crippen molar-refractivity contribution in [1.82, 2.24) is 0 Å². The van der Waals surface area contributed by atoms with E-state index < -0.39 is 29.2 Å². The summed E-state index contributed by atoms with van der Waals surface area (Å²) in [6.45, 7) is 4.87. The molecule has 5 nitrogen and oxygen atoms in total. The summed E-state index contributed by atoms with van der Waals surface area (Å²) in [6, 6.07) is 1.93. The lowest BCUT2D eigenvalue weighted by molar-refractivity contribution is -0.162. The van der Waals surface area contributed by atoms with E-state index in [-0.39, 0.29) is 6.42 Å². The lowest BCUT2D eigenvalue weighted by atomic mass is 9.62. The SMILES string of the molecule is CCCCC(CC(=O)O)(C(=O)O)C(C)(C)C#N. The number of unbranched alkanes of at least 4 members (excludes halogenated alkanes) is 1. The molecule has 0 aliphatic carbocycles. The molecule has 0 aromatic heterocycles. The van der Waals surface area contributed by atoms with E-state index in [1.807, 2.05) is 13.0 Å². The average Bonchev–Trinajstić information content (AvgIpc) is 2.22. The Labute approximate surface area is 101 Å². The maximum absolute atomic E-state index is 11.5. The molecule has 0 rings (SSSR count). The molecule has 1 unspecified atom stereocenters. The molecule has 2 N–H and O–H groups in total. The molecule has 0 aliphatic heterocycles. The molecule has 0 fully saturated rings. The zero-order valence-corrected chi connectivity index (χ0v) is 10.5. The lowest BCUT2D eigenvalue weighted by Crippen LogP contribution is -2.45. The molecule has 0 aliphatic rings. The zero-order chi connectivity index (χ0) is 13.7. The van der Waals surface area contributed by atoms with Crippen molar-refractivity contribution in [2.24, 2.45) is 10.8 Å². The quantitative estimate of drug-likeness (QED) is 0.712. The summed E-state index contributed by atoms with van der Waals surface area (Å²) >= 11 is 0. The van der Waals surface area contributed by atoms with Gasteiger partial charge in [-0.3, -0.25) is 9.59 Å². The Morgan fingerprint density at radius 3 is 2.12 bits per heavy atom. The van der Waals surface area contributed by atoms with Gasteiger partial charge in [0.05, 0.1) is 23.3 Å². The maximum atomic E-state index is 11.5. The Bertz CT molecular complexity index is 343. The Morgan fingerprint density at radius 1 is 1.29 bits per heavy atom. The van der Waals surface area contributed by atoms with Crippen molar-refractivity contribution in [3.05, 3.63) is 0 Å². The predicted octanol–water partition coefficient (Wildman–Crippen LogP) is 2.27. The molecule has 0 aromatic rings. The third kappa shape index (κ3) is 3.19. The van der Waals surface area contributed by atoms with Crippen molar-refractivity contribution in [2.45, 2.75) is 46.5 Å². The van der Waals surface area contributed by atoms with Crippen LogP contribution in [0.3, 0.4) is 0 Å². The maximum Gasteiger partial charge on any atom is 0.311 e. The number of hydrogen-bond donors (Lipinski definition) is 2. The Hall–Kier alpha value is -1.57. The molecule has 0 bridgehead atoms. The van der Waals surface area contributed by atoms with E-state index in [1.54, 1.807) is 0 Å². The van der Waals surface area contributed by atoms with Gasteiger partial charge < -0.3 is 10.2 Å². The zero-order valence-electron chi connectivity index (χ0n) is 10.5. The third-order valence-electron chi connectivity index (χ3n) is 3.30. The van der Waals surface area contributed by atoms with E-state index in [9.17, 15) is 14.7 Å². The van der Waals surface area contributed by atoms with Crippen molar-refractivity contribution in [1.29, 1.82) is 5.26 Å². The van der Waals surface area contributed by atoms with Gasteiger partial charge in [0, 0.05) is 0 Å². The minimum Gasteiger partial charge on any atom is -0.481 e. The van der Waals surface area contributed by atoms with Crippen LogP contribution in [0, 0.1) is 22.2 Å². The Morgan fingerprint density at radius 2 is 1.82 bits per heavy atom. The van der Waals surface area contributed by atoms with Crippen molar-refractivity contribution in [3.63, 3.8) is 0 Å². The lowest BCUT2D eigenvalue weighted by Gasteiger charge is -2.37. The number of carboxylic acids is 2. The van der Waals surface area contributed by atoms with E-state index in [1.165, 1.54) is 13.8 Å². The van der Waals surface area contributed by atoms with E-state index in [0.717, 1.165) is 6.42 Å². The van der Waals surface area contributed by atoms with Crippen LogP contribution in [0.2, 0.25) is 0 Å². The molecule has 0 radical (unpaired) electrons. The molecule has 0 heterocycles. The van der Waals surface area contributed by atoms with Crippen LogP contribution in [-0.2, 0) is 9.59 Å². The minimum atomic E-state index is -1.52. The topological polar surface area (TPSA) is 98.4 Å². The molecule has 5 heteroatoms. The molecule has 1 atom stereocenters. The Balaban J connectivity index is 5.49.